The molecule has 0 spiro atoms. The van der Waals surface area contributed by atoms with Gasteiger partial charge in [-0.25, -0.2) is 0 Å². The molecule has 4 heteroatoms. The van der Waals surface area contributed by atoms with Gasteiger partial charge in [0.25, 0.3) is 0 Å². The van der Waals surface area contributed by atoms with Crippen molar-refractivity contribution in [2.24, 2.45) is 0 Å². The molecule has 0 radical (unpaired) electrons. The predicted octanol–water partition coefficient (Wildman–Crippen LogP) is 3.98. The summed E-state index contributed by atoms with van der Waals surface area (Å²) in [6, 6.07) is 0.275. The molecule has 0 atom stereocenters. The van der Waals surface area contributed by atoms with Gasteiger partial charge in [0.15, 0.2) is 0 Å². The summed E-state index contributed by atoms with van der Waals surface area (Å²) in [5.41, 5.74) is 1.98. The summed E-state index contributed by atoms with van der Waals surface area (Å²) >= 11 is 12.0. The maximum atomic E-state index is 6.18. The number of rotatable bonds is 3. The van der Waals surface area contributed by atoms with E-state index in [1.807, 2.05) is 4.68 Å². The van der Waals surface area contributed by atoms with E-state index in [1.54, 1.807) is 0 Å². The molecule has 0 saturated carbocycles. The molecule has 0 aliphatic heterocycles. The summed E-state index contributed by atoms with van der Waals surface area (Å²) in [6.07, 6.45) is 0. The Morgan fingerprint density at radius 3 is 2.14 bits per heavy atom. The largest absolute Gasteiger partial charge is 0.251 e. The Morgan fingerprint density at radius 2 is 1.86 bits per heavy atom. The predicted molar refractivity (Wildman–Crippen MR) is 61.3 cm³/mol. The van der Waals surface area contributed by atoms with E-state index in [9.17, 15) is 0 Å². The van der Waals surface area contributed by atoms with Gasteiger partial charge < -0.3 is 0 Å². The van der Waals surface area contributed by atoms with Crippen LogP contribution in [0.15, 0.2) is 0 Å². The molecule has 0 N–H and O–H groups in total. The number of hydrogen-bond acceptors (Lipinski definition) is 1. The minimum atomic E-state index is 0.275. The first-order chi connectivity index (χ1) is 6.49. The molecule has 1 aromatic rings. The molecule has 1 heterocycles. The van der Waals surface area contributed by atoms with Crippen molar-refractivity contribution in [2.45, 2.75) is 45.5 Å². The van der Waals surface area contributed by atoms with Crippen LogP contribution in [0.3, 0.4) is 0 Å². The monoisotopic (exact) mass is 234 g/mol. The van der Waals surface area contributed by atoms with Crippen molar-refractivity contribution in [2.75, 3.05) is 0 Å². The Morgan fingerprint density at radius 1 is 1.29 bits per heavy atom. The van der Waals surface area contributed by atoms with Crippen molar-refractivity contribution in [3.8, 4) is 0 Å². The van der Waals surface area contributed by atoms with E-state index in [4.69, 9.17) is 23.2 Å². The van der Waals surface area contributed by atoms with Crippen LogP contribution in [0.1, 0.15) is 50.9 Å². The zero-order chi connectivity index (χ0) is 10.9. The fraction of sp³-hybridized carbons (Fsp3) is 0.700. The van der Waals surface area contributed by atoms with Crippen LogP contribution >= 0.6 is 23.2 Å². The second kappa shape index (κ2) is 4.54. The summed E-state index contributed by atoms with van der Waals surface area (Å²) in [4.78, 5) is 0. The second-order valence-electron chi connectivity index (χ2n) is 3.98. The third kappa shape index (κ3) is 2.06. The third-order valence-corrected chi connectivity index (χ3v) is 2.81. The Hall–Kier alpha value is -0.210. The fourth-order valence-corrected chi connectivity index (χ4v) is 2.12. The summed E-state index contributed by atoms with van der Waals surface area (Å²) < 4.78 is 1.83. The average molecular weight is 235 g/mol. The van der Waals surface area contributed by atoms with Gasteiger partial charge in [-0.1, -0.05) is 25.4 Å². The lowest BCUT2D eigenvalue weighted by Crippen LogP contribution is -2.03. The van der Waals surface area contributed by atoms with Gasteiger partial charge >= 0.3 is 0 Å². The van der Waals surface area contributed by atoms with E-state index in [0.717, 1.165) is 11.3 Å². The molecule has 0 amide bonds. The van der Waals surface area contributed by atoms with E-state index < -0.39 is 0 Å². The summed E-state index contributed by atoms with van der Waals surface area (Å²) in [5.74, 6) is 0.792. The smallest absolute Gasteiger partial charge is 0.132 e. The maximum absolute atomic E-state index is 6.18. The molecule has 0 aromatic carbocycles. The highest BCUT2D eigenvalue weighted by Crippen LogP contribution is 2.29. The van der Waals surface area contributed by atoms with Crippen molar-refractivity contribution in [3.63, 3.8) is 0 Å². The van der Waals surface area contributed by atoms with Crippen LogP contribution in [0.4, 0.5) is 0 Å². The lowest BCUT2D eigenvalue weighted by atomic mass is 10.1. The lowest BCUT2D eigenvalue weighted by molar-refractivity contribution is 0.523. The zero-order valence-corrected chi connectivity index (χ0v) is 10.5. The standard InChI is InChI=1S/C10H16Cl2N2/c1-6(2)9-8(5-11)10(12)14(13-9)7(3)4/h6-7H,5H2,1-4H3. The molecule has 0 saturated heterocycles. The van der Waals surface area contributed by atoms with Crippen LogP contribution in [0.5, 0.6) is 0 Å². The Balaban J connectivity index is 3.24. The fourth-order valence-electron chi connectivity index (χ4n) is 1.39. The number of nitrogens with zero attached hydrogens (tertiary/aromatic N) is 2. The molecule has 0 aliphatic rings. The van der Waals surface area contributed by atoms with Crippen molar-refractivity contribution < 1.29 is 0 Å². The molecule has 1 aromatic heterocycles. The van der Waals surface area contributed by atoms with E-state index in [-0.39, 0.29) is 6.04 Å². The average Bonchev–Trinajstić information content (AvgIpc) is 2.42. The number of hydrogen-bond donors (Lipinski definition) is 0. The zero-order valence-electron chi connectivity index (χ0n) is 9.01. The van der Waals surface area contributed by atoms with Crippen molar-refractivity contribution in [3.05, 3.63) is 16.4 Å². The van der Waals surface area contributed by atoms with Gasteiger partial charge in [-0.05, 0) is 19.8 Å². The second-order valence-corrected chi connectivity index (χ2v) is 4.61. The molecule has 0 fully saturated rings. The number of aromatic nitrogens is 2. The topological polar surface area (TPSA) is 17.8 Å². The van der Waals surface area contributed by atoms with Gasteiger partial charge in [-0.2, -0.15) is 5.10 Å². The minimum absolute atomic E-state index is 0.275. The van der Waals surface area contributed by atoms with E-state index in [1.165, 1.54) is 0 Å². The Bertz CT molecular complexity index is 316. The van der Waals surface area contributed by atoms with Gasteiger partial charge in [0.2, 0.25) is 0 Å². The Kier molecular flexibility index (Phi) is 3.85. The highest BCUT2D eigenvalue weighted by molar-refractivity contribution is 6.31. The molecule has 80 valence electrons. The molecule has 1 rings (SSSR count). The number of halogens is 2. The van der Waals surface area contributed by atoms with Crippen LogP contribution in [-0.2, 0) is 5.88 Å². The molecule has 0 bridgehead atoms. The molecular weight excluding hydrogens is 219 g/mol. The van der Waals surface area contributed by atoms with Crippen LogP contribution in [0.25, 0.3) is 0 Å². The van der Waals surface area contributed by atoms with Gasteiger partial charge in [0.1, 0.15) is 5.15 Å². The molecular formula is C10H16Cl2N2. The van der Waals surface area contributed by atoms with Crippen LogP contribution in [0, 0.1) is 0 Å². The van der Waals surface area contributed by atoms with Crippen LogP contribution < -0.4 is 0 Å². The Labute approximate surface area is 95.2 Å². The summed E-state index contributed by atoms with van der Waals surface area (Å²) in [6.45, 7) is 8.31. The van der Waals surface area contributed by atoms with E-state index in [2.05, 4.69) is 32.8 Å². The summed E-state index contributed by atoms with van der Waals surface area (Å²) in [7, 11) is 0. The van der Waals surface area contributed by atoms with Gasteiger partial charge in [-0.3, -0.25) is 4.68 Å². The minimum Gasteiger partial charge on any atom is -0.251 e. The van der Waals surface area contributed by atoms with Gasteiger partial charge in [0.05, 0.1) is 11.6 Å². The molecule has 0 unspecified atom stereocenters. The first-order valence-corrected chi connectivity index (χ1v) is 5.73. The molecule has 0 aliphatic carbocycles. The molecule has 2 nitrogen and oxygen atoms in total. The van der Waals surface area contributed by atoms with Crippen molar-refractivity contribution in [1.29, 1.82) is 0 Å². The molecule has 14 heavy (non-hydrogen) atoms. The van der Waals surface area contributed by atoms with E-state index in [0.29, 0.717) is 17.0 Å². The highest BCUT2D eigenvalue weighted by atomic mass is 35.5. The van der Waals surface area contributed by atoms with Crippen LogP contribution in [-0.4, -0.2) is 9.78 Å². The first kappa shape index (κ1) is 11.9. The van der Waals surface area contributed by atoms with Gasteiger partial charge in [-0.15, -0.1) is 11.6 Å². The van der Waals surface area contributed by atoms with E-state index >= 15 is 0 Å². The SMILES string of the molecule is CC(C)c1nn(C(C)C)c(Cl)c1CCl. The summed E-state index contributed by atoms with van der Waals surface area (Å²) in [5, 5.41) is 5.16. The number of alkyl halides is 1. The van der Waals surface area contributed by atoms with Crippen LogP contribution in [0.2, 0.25) is 5.15 Å². The first-order valence-electron chi connectivity index (χ1n) is 4.81. The quantitative estimate of drug-likeness (QED) is 0.724. The normalized spacial score (nSPS) is 11.7. The maximum Gasteiger partial charge on any atom is 0.132 e. The lowest BCUT2D eigenvalue weighted by Gasteiger charge is -2.06. The van der Waals surface area contributed by atoms with Crippen molar-refractivity contribution >= 4 is 23.2 Å². The van der Waals surface area contributed by atoms with Crippen molar-refractivity contribution in [1.82, 2.24) is 9.78 Å². The van der Waals surface area contributed by atoms with Gasteiger partial charge in [0, 0.05) is 11.6 Å². The third-order valence-electron chi connectivity index (χ3n) is 2.14. The highest BCUT2D eigenvalue weighted by Gasteiger charge is 2.18.